The van der Waals surface area contributed by atoms with E-state index >= 15 is 0 Å². The minimum Gasteiger partial charge on any atom is -0.264 e. The summed E-state index contributed by atoms with van der Waals surface area (Å²) in [5, 5.41) is 0. The minimum atomic E-state index is -4.67. The molecule has 0 aromatic carbocycles. The van der Waals surface area contributed by atoms with Crippen molar-refractivity contribution in [3.8, 4) is 0 Å². The van der Waals surface area contributed by atoms with E-state index in [0.717, 1.165) is 0 Å². The molecule has 65 valence electrons. The summed E-state index contributed by atoms with van der Waals surface area (Å²) < 4.78 is 31.6. The predicted octanol–water partition coefficient (Wildman–Crippen LogP) is -0.663. The summed E-state index contributed by atoms with van der Waals surface area (Å²) in [7, 11) is -4.67. The van der Waals surface area contributed by atoms with Crippen LogP contribution in [0.5, 0.6) is 0 Å². The van der Waals surface area contributed by atoms with Crippen molar-refractivity contribution in [2.75, 3.05) is 0 Å². The number of rotatable bonds is 0. The van der Waals surface area contributed by atoms with Gasteiger partial charge in [0.25, 0.3) is 0 Å². The Balaban J connectivity index is -0.0000000133. The summed E-state index contributed by atoms with van der Waals surface area (Å²) in [6, 6.07) is 0. The standard InChI is InChI=1S/Co.2Mn.Ni.H2O4S/c;;;;1-5(2,3)4/h;;;;(H2,1,2,3,4). The van der Waals surface area contributed by atoms with Gasteiger partial charge < -0.3 is 0 Å². The average molecular weight is 326 g/mol. The van der Waals surface area contributed by atoms with E-state index in [4.69, 9.17) is 17.5 Å². The van der Waals surface area contributed by atoms with E-state index in [1.807, 2.05) is 0 Å². The van der Waals surface area contributed by atoms with Crippen LogP contribution in [0.4, 0.5) is 0 Å². The summed E-state index contributed by atoms with van der Waals surface area (Å²) >= 11 is 0. The second-order valence-corrected chi connectivity index (χ2v) is 1.34. The zero-order chi connectivity index (χ0) is 4.50. The molecule has 0 saturated carbocycles. The van der Waals surface area contributed by atoms with Gasteiger partial charge in [-0.1, -0.05) is 0 Å². The number of hydrogen-bond donors (Lipinski definition) is 2. The van der Waals surface area contributed by atoms with E-state index in [-0.39, 0.29) is 67.4 Å². The molecular weight excluding hydrogens is 324 g/mol. The van der Waals surface area contributed by atoms with Crippen molar-refractivity contribution in [3.05, 3.63) is 0 Å². The summed E-state index contributed by atoms with van der Waals surface area (Å²) in [4.78, 5) is 0. The Kier molecular flexibility index (Phi) is 42.9. The molecule has 0 unspecified atom stereocenters. The normalized spacial score (nSPS) is 6.44. The van der Waals surface area contributed by atoms with Gasteiger partial charge in [-0.25, -0.2) is 0 Å². The van der Waals surface area contributed by atoms with Crippen molar-refractivity contribution in [2.24, 2.45) is 0 Å². The molecule has 0 amide bonds. The molecule has 0 saturated heterocycles. The van der Waals surface area contributed by atoms with Crippen LogP contribution in [0.25, 0.3) is 0 Å². The maximum Gasteiger partial charge on any atom is 0.394 e. The first-order valence-electron chi connectivity index (χ1n) is 0.698. The molecule has 0 spiro atoms. The molecule has 9 heteroatoms. The summed E-state index contributed by atoms with van der Waals surface area (Å²) in [5.41, 5.74) is 0. The summed E-state index contributed by atoms with van der Waals surface area (Å²) in [5.74, 6) is 0. The minimum absolute atomic E-state index is 0. The molecule has 0 aromatic rings. The van der Waals surface area contributed by atoms with Gasteiger partial charge in [0.2, 0.25) is 0 Å². The van der Waals surface area contributed by atoms with Gasteiger partial charge in [0.05, 0.1) is 0 Å². The van der Waals surface area contributed by atoms with E-state index < -0.39 is 10.4 Å². The first kappa shape index (κ1) is 30.7. The molecule has 0 rings (SSSR count). The van der Waals surface area contributed by atoms with Gasteiger partial charge in [-0.2, -0.15) is 8.42 Å². The fourth-order valence-electron chi connectivity index (χ4n) is 0. The Morgan fingerprint density at radius 3 is 1.00 bits per heavy atom. The maximum absolute atomic E-state index is 8.74. The van der Waals surface area contributed by atoms with E-state index in [0.29, 0.717) is 0 Å². The molecule has 0 atom stereocenters. The van der Waals surface area contributed by atoms with Crippen LogP contribution in [0.3, 0.4) is 0 Å². The molecule has 0 fully saturated rings. The first-order valence-corrected chi connectivity index (χ1v) is 2.10. The topological polar surface area (TPSA) is 74.6 Å². The first-order chi connectivity index (χ1) is 2.00. The Hall–Kier alpha value is 1.91. The van der Waals surface area contributed by atoms with E-state index in [1.165, 1.54) is 0 Å². The third-order valence-corrected chi connectivity index (χ3v) is 0. The monoisotopic (exact) mass is 325 g/mol. The molecule has 4 nitrogen and oxygen atoms in total. The van der Waals surface area contributed by atoms with Gasteiger partial charge in [0, 0.05) is 67.4 Å². The Bertz CT molecular complexity index is 102. The second kappa shape index (κ2) is 12.6. The van der Waals surface area contributed by atoms with Crippen molar-refractivity contribution in [1.29, 1.82) is 0 Å². The molecule has 0 aliphatic heterocycles. The smallest absolute Gasteiger partial charge is 0.264 e. The average Bonchev–Trinajstić information content (AvgIpc) is 0.722. The molecule has 0 aromatic heterocycles. The van der Waals surface area contributed by atoms with Gasteiger partial charge in [-0.05, 0) is 0 Å². The van der Waals surface area contributed by atoms with Gasteiger partial charge in [-0.15, -0.1) is 0 Å². The molecule has 0 heterocycles. The Morgan fingerprint density at radius 2 is 1.00 bits per heavy atom. The van der Waals surface area contributed by atoms with Gasteiger partial charge in [0.15, 0.2) is 0 Å². The van der Waals surface area contributed by atoms with Crippen LogP contribution >= 0.6 is 0 Å². The van der Waals surface area contributed by atoms with Gasteiger partial charge in [0.1, 0.15) is 0 Å². The Labute approximate surface area is 94.6 Å². The second-order valence-electron chi connectivity index (χ2n) is 0.448. The van der Waals surface area contributed by atoms with E-state index in [9.17, 15) is 0 Å². The Morgan fingerprint density at radius 1 is 1.00 bits per heavy atom. The number of hydrogen-bond acceptors (Lipinski definition) is 2. The molecule has 2 N–H and O–H groups in total. The quantitative estimate of drug-likeness (QED) is 0.458. The predicted molar refractivity (Wildman–Crippen MR) is 14.2 cm³/mol. The van der Waals surface area contributed by atoms with E-state index in [1.54, 1.807) is 0 Å². The van der Waals surface area contributed by atoms with Gasteiger partial charge >= 0.3 is 10.4 Å². The van der Waals surface area contributed by atoms with Crippen LogP contribution in [0.1, 0.15) is 0 Å². The van der Waals surface area contributed by atoms with E-state index in [2.05, 4.69) is 0 Å². The fourth-order valence-corrected chi connectivity index (χ4v) is 0. The van der Waals surface area contributed by atoms with Crippen molar-refractivity contribution in [2.45, 2.75) is 0 Å². The molecule has 3 radical (unpaired) electrons. The molecule has 9 heavy (non-hydrogen) atoms. The zero-order valence-corrected chi connectivity index (χ0v) is 8.73. The SMILES string of the molecule is O=S(=O)(O)O.[Co].[Mn].[Mn].[Ni]. The van der Waals surface area contributed by atoms with Crippen molar-refractivity contribution < 1.29 is 84.9 Å². The van der Waals surface area contributed by atoms with Crippen LogP contribution < -0.4 is 0 Å². The van der Waals surface area contributed by atoms with Crippen LogP contribution in [0, 0.1) is 0 Å². The summed E-state index contributed by atoms with van der Waals surface area (Å²) in [6.07, 6.45) is 0. The van der Waals surface area contributed by atoms with Crippen LogP contribution in [-0.2, 0) is 77.8 Å². The van der Waals surface area contributed by atoms with Crippen molar-refractivity contribution in [3.63, 3.8) is 0 Å². The maximum atomic E-state index is 8.74. The molecular formula is H2CoMn2NiO4S. The zero-order valence-electron chi connectivity index (χ0n) is 3.52. The van der Waals surface area contributed by atoms with Gasteiger partial charge in [-0.3, -0.25) is 9.11 Å². The van der Waals surface area contributed by atoms with Crippen LogP contribution in [0.15, 0.2) is 0 Å². The fraction of sp³-hybridized carbons (Fsp3) is 0. The van der Waals surface area contributed by atoms with Crippen molar-refractivity contribution >= 4 is 10.4 Å². The third-order valence-electron chi connectivity index (χ3n) is 0. The molecule has 0 aliphatic carbocycles. The molecule has 0 aliphatic rings. The summed E-state index contributed by atoms with van der Waals surface area (Å²) in [6.45, 7) is 0. The third kappa shape index (κ3) is 170. The van der Waals surface area contributed by atoms with Crippen molar-refractivity contribution in [1.82, 2.24) is 0 Å². The van der Waals surface area contributed by atoms with Crippen LogP contribution in [0.2, 0.25) is 0 Å². The molecule has 0 bridgehead atoms. The largest absolute Gasteiger partial charge is 0.394 e. The van der Waals surface area contributed by atoms with Crippen LogP contribution in [-0.4, -0.2) is 17.5 Å².